The van der Waals surface area contributed by atoms with E-state index in [1.54, 1.807) is 0 Å². The predicted molar refractivity (Wildman–Crippen MR) is 124 cm³/mol. The Balaban J connectivity index is 1.68. The van der Waals surface area contributed by atoms with Crippen molar-refractivity contribution in [2.45, 2.75) is 70.8 Å². The first-order valence-electron chi connectivity index (χ1n) is 11.9. The molecule has 31 heavy (non-hydrogen) atoms. The number of carbonyl (C=O) groups is 2. The highest BCUT2D eigenvalue weighted by molar-refractivity contribution is 6.30. The summed E-state index contributed by atoms with van der Waals surface area (Å²) in [4.78, 5) is 28.3. The molecule has 1 amide bonds. The topological polar surface area (TPSA) is 58.6 Å². The van der Waals surface area contributed by atoms with Gasteiger partial charge in [0.15, 0.2) is 0 Å². The second-order valence-electron chi connectivity index (χ2n) is 9.06. The second-order valence-corrected chi connectivity index (χ2v) is 9.50. The number of ether oxygens (including phenoxy) is 1. The number of halogens is 1. The third-order valence-corrected chi connectivity index (χ3v) is 7.54. The fraction of sp³-hybridized carbons (Fsp3) is 0.680. The SMILES string of the molecule is CCOC(=O)C1(C2CCCCCC2)CCN(C(=O)C(Cc2ccc(Cl)cc2)NC)CC1. The molecule has 6 heteroatoms. The van der Waals surface area contributed by atoms with Crippen molar-refractivity contribution >= 4 is 23.5 Å². The summed E-state index contributed by atoms with van der Waals surface area (Å²) >= 11 is 5.99. The van der Waals surface area contributed by atoms with Gasteiger partial charge in [-0.25, -0.2) is 0 Å². The highest BCUT2D eigenvalue weighted by atomic mass is 35.5. The van der Waals surface area contributed by atoms with Crippen molar-refractivity contribution in [3.63, 3.8) is 0 Å². The molecule has 1 atom stereocenters. The molecule has 1 saturated carbocycles. The molecule has 1 N–H and O–H groups in total. The Hall–Kier alpha value is -1.59. The van der Waals surface area contributed by atoms with E-state index in [9.17, 15) is 9.59 Å². The van der Waals surface area contributed by atoms with Gasteiger partial charge in [0.25, 0.3) is 0 Å². The number of likely N-dealkylation sites (tertiary alicyclic amines) is 1. The minimum absolute atomic E-state index is 0.0414. The van der Waals surface area contributed by atoms with E-state index in [0.717, 1.165) is 18.4 Å². The summed E-state index contributed by atoms with van der Waals surface area (Å²) in [5.74, 6) is 0.441. The summed E-state index contributed by atoms with van der Waals surface area (Å²) in [6.07, 6.45) is 9.14. The van der Waals surface area contributed by atoms with Crippen molar-refractivity contribution in [1.82, 2.24) is 10.2 Å². The third-order valence-electron chi connectivity index (χ3n) is 7.29. The average molecular weight is 449 g/mol. The van der Waals surface area contributed by atoms with E-state index >= 15 is 0 Å². The normalized spacial score (nSPS) is 20.7. The van der Waals surface area contributed by atoms with Crippen LogP contribution in [0.2, 0.25) is 5.02 Å². The van der Waals surface area contributed by atoms with Crippen LogP contribution >= 0.6 is 11.6 Å². The van der Waals surface area contributed by atoms with Crippen molar-refractivity contribution in [1.29, 1.82) is 0 Å². The number of benzene rings is 1. The quantitative estimate of drug-likeness (QED) is 0.488. The third kappa shape index (κ3) is 5.81. The maximum absolute atomic E-state index is 13.3. The molecule has 0 spiro atoms. The van der Waals surface area contributed by atoms with Gasteiger partial charge in [-0.1, -0.05) is 49.4 Å². The van der Waals surface area contributed by atoms with Gasteiger partial charge in [-0.05, 0) is 69.7 Å². The van der Waals surface area contributed by atoms with Gasteiger partial charge in [0.1, 0.15) is 0 Å². The van der Waals surface area contributed by atoms with Crippen molar-refractivity contribution < 1.29 is 14.3 Å². The van der Waals surface area contributed by atoms with Crippen LogP contribution in [-0.2, 0) is 20.7 Å². The number of piperidine rings is 1. The number of likely N-dealkylation sites (N-methyl/N-ethyl adjacent to an activating group) is 1. The molecule has 3 rings (SSSR count). The number of nitrogens with one attached hydrogen (secondary N) is 1. The van der Waals surface area contributed by atoms with Gasteiger partial charge in [-0.3, -0.25) is 9.59 Å². The largest absolute Gasteiger partial charge is 0.466 e. The highest BCUT2D eigenvalue weighted by Gasteiger charge is 2.49. The number of esters is 1. The number of nitrogens with zero attached hydrogens (tertiary/aromatic N) is 1. The molecule has 1 aliphatic carbocycles. The Morgan fingerprint density at radius 3 is 2.29 bits per heavy atom. The lowest BCUT2D eigenvalue weighted by atomic mass is 9.66. The molecule has 1 saturated heterocycles. The Morgan fingerprint density at radius 2 is 1.74 bits per heavy atom. The minimum Gasteiger partial charge on any atom is -0.466 e. The number of rotatable bonds is 7. The molecule has 0 aromatic heterocycles. The monoisotopic (exact) mass is 448 g/mol. The van der Waals surface area contributed by atoms with Crippen molar-refractivity contribution in [3.8, 4) is 0 Å². The average Bonchev–Trinajstić information content (AvgIpc) is 3.08. The van der Waals surface area contributed by atoms with Crippen LogP contribution in [0.25, 0.3) is 0 Å². The van der Waals surface area contributed by atoms with E-state index in [1.807, 2.05) is 43.1 Å². The zero-order chi connectivity index (χ0) is 22.3. The van der Waals surface area contributed by atoms with Gasteiger partial charge < -0.3 is 15.0 Å². The van der Waals surface area contributed by atoms with Crippen LogP contribution in [-0.4, -0.2) is 49.6 Å². The zero-order valence-corrected chi connectivity index (χ0v) is 19.8. The number of hydrogen-bond donors (Lipinski definition) is 1. The molecule has 1 aromatic rings. The summed E-state index contributed by atoms with van der Waals surface area (Å²) in [5, 5.41) is 3.88. The molecule has 0 radical (unpaired) electrons. The first-order valence-corrected chi connectivity index (χ1v) is 12.3. The van der Waals surface area contributed by atoms with E-state index in [4.69, 9.17) is 16.3 Å². The molecule has 2 fully saturated rings. The molecule has 1 heterocycles. The summed E-state index contributed by atoms with van der Waals surface area (Å²) in [7, 11) is 1.83. The molecule has 172 valence electrons. The van der Waals surface area contributed by atoms with E-state index in [-0.39, 0.29) is 17.9 Å². The van der Waals surface area contributed by atoms with E-state index in [1.165, 1.54) is 25.7 Å². The lowest BCUT2D eigenvalue weighted by molar-refractivity contribution is -0.165. The van der Waals surface area contributed by atoms with E-state index < -0.39 is 5.41 Å². The van der Waals surface area contributed by atoms with Crippen LogP contribution in [0.3, 0.4) is 0 Å². The molecular weight excluding hydrogens is 412 g/mol. The summed E-state index contributed by atoms with van der Waals surface area (Å²) in [6.45, 7) is 3.53. The Kier molecular flexibility index (Phi) is 8.79. The zero-order valence-electron chi connectivity index (χ0n) is 19.0. The van der Waals surface area contributed by atoms with Crippen LogP contribution in [0.5, 0.6) is 0 Å². The number of carbonyl (C=O) groups excluding carboxylic acids is 2. The van der Waals surface area contributed by atoms with Gasteiger partial charge in [-0.2, -0.15) is 0 Å². The van der Waals surface area contributed by atoms with Gasteiger partial charge in [-0.15, -0.1) is 0 Å². The Bertz CT molecular complexity index is 721. The molecule has 0 bridgehead atoms. The van der Waals surface area contributed by atoms with Crippen LogP contribution < -0.4 is 5.32 Å². The molecule has 1 aromatic carbocycles. The van der Waals surface area contributed by atoms with E-state index in [2.05, 4.69) is 5.32 Å². The first kappa shape index (κ1) is 24.1. The van der Waals surface area contributed by atoms with Crippen molar-refractivity contribution in [2.24, 2.45) is 11.3 Å². The molecular formula is C25H37ClN2O3. The Labute approximate surface area is 191 Å². The summed E-state index contributed by atoms with van der Waals surface area (Å²) in [5.41, 5.74) is 0.649. The van der Waals surface area contributed by atoms with Crippen LogP contribution in [0, 0.1) is 11.3 Å². The van der Waals surface area contributed by atoms with Gasteiger partial charge in [0.2, 0.25) is 5.91 Å². The predicted octanol–water partition coefficient (Wildman–Crippen LogP) is 4.61. The lowest BCUT2D eigenvalue weighted by Gasteiger charge is -2.45. The number of amides is 1. The minimum atomic E-state index is -0.428. The second kappa shape index (κ2) is 11.3. The van der Waals surface area contributed by atoms with Crippen LogP contribution in [0.4, 0.5) is 0 Å². The smallest absolute Gasteiger partial charge is 0.312 e. The fourth-order valence-corrected chi connectivity index (χ4v) is 5.53. The lowest BCUT2D eigenvalue weighted by Crippen LogP contribution is -2.54. The van der Waals surface area contributed by atoms with Crippen LogP contribution in [0.1, 0.15) is 63.9 Å². The van der Waals surface area contributed by atoms with Crippen LogP contribution in [0.15, 0.2) is 24.3 Å². The molecule has 1 unspecified atom stereocenters. The first-order chi connectivity index (χ1) is 15.0. The Morgan fingerprint density at radius 1 is 1.13 bits per heavy atom. The maximum atomic E-state index is 13.3. The molecule has 1 aliphatic heterocycles. The highest BCUT2D eigenvalue weighted by Crippen LogP contribution is 2.46. The fourth-order valence-electron chi connectivity index (χ4n) is 5.40. The standard InChI is InChI=1S/C25H37ClN2O3/c1-3-31-24(30)25(20-8-6-4-5-7-9-20)14-16-28(17-15-25)23(29)22(27-2)18-19-10-12-21(26)13-11-19/h10-13,20,22,27H,3-9,14-18H2,1-2H3. The van der Waals surface area contributed by atoms with E-state index in [0.29, 0.717) is 49.9 Å². The summed E-state index contributed by atoms with van der Waals surface area (Å²) in [6, 6.07) is 7.36. The molecule has 2 aliphatic rings. The van der Waals surface area contributed by atoms with Gasteiger partial charge in [0.05, 0.1) is 18.1 Å². The summed E-state index contributed by atoms with van der Waals surface area (Å²) < 4.78 is 5.57. The number of hydrogen-bond acceptors (Lipinski definition) is 4. The maximum Gasteiger partial charge on any atom is 0.312 e. The van der Waals surface area contributed by atoms with Gasteiger partial charge in [0, 0.05) is 18.1 Å². The van der Waals surface area contributed by atoms with Crippen molar-refractivity contribution in [3.05, 3.63) is 34.9 Å². The van der Waals surface area contributed by atoms with Crippen molar-refractivity contribution in [2.75, 3.05) is 26.7 Å². The van der Waals surface area contributed by atoms with Gasteiger partial charge >= 0.3 is 5.97 Å². The molecule has 5 nitrogen and oxygen atoms in total.